The van der Waals surface area contributed by atoms with Crippen molar-refractivity contribution in [3.63, 3.8) is 0 Å². The number of hydrogen-bond acceptors (Lipinski definition) is 4. The molecule has 1 aromatic rings. The molecule has 0 aliphatic heterocycles. The van der Waals surface area contributed by atoms with Gasteiger partial charge < -0.3 is 14.3 Å². The Morgan fingerprint density at radius 1 is 1.44 bits per heavy atom. The molecule has 0 unspecified atom stereocenters. The molecule has 0 radical (unpaired) electrons. The van der Waals surface area contributed by atoms with Crippen LogP contribution in [0.5, 0.6) is 0 Å². The quantitative estimate of drug-likeness (QED) is 0.794. The minimum atomic E-state index is -4.96. The predicted molar refractivity (Wildman–Crippen MR) is 42.0 cm³/mol. The van der Waals surface area contributed by atoms with Gasteiger partial charge in [0.1, 0.15) is 5.56 Å². The van der Waals surface area contributed by atoms with E-state index in [-0.39, 0.29) is 0 Å². The second-order valence-electron chi connectivity index (χ2n) is 2.65. The second-order valence-corrected chi connectivity index (χ2v) is 2.65. The van der Waals surface area contributed by atoms with Gasteiger partial charge in [0.2, 0.25) is 11.5 Å². The summed E-state index contributed by atoms with van der Waals surface area (Å²) in [5.41, 5.74) is -0.965. The van der Waals surface area contributed by atoms with Gasteiger partial charge in [-0.25, -0.2) is 9.59 Å². The van der Waals surface area contributed by atoms with E-state index in [1.165, 1.54) is 0 Å². The Kier molecular flexibility index (Phi) is 2.92. The van der Waals surface area contributed by atoms with Gasteiger partial charge in [-0.2, -0.15) is 13.2 Å². The van der Waals surface area contributed by atoms with Crippen LogP contribution in [-0.2, 0) is 10.9 Å². The fraction of sp³-hybridized carbons (Fsp3) is 0.250. The number of carboxylic acid groups (broad SMARTS) is 1. The van der Waals surface area contributed by atoms with Crippen LogP contribution in [0.2, 0.25) is 0 Å². The molecule has 0 fully saturated rings. The first-order valence-corrected chi connectivity index (χ1v) is 3.80. The van der Waals surface area contributed by atoms with Crippen molar-refractivity contribution in [2.24, 2.45) is 0 Å². The number of carbonyl (C=O) groups excluding carboxylic acids is 1. The largest absolute Gasteiger partial charge is 0.475 e. The molecule has 0 aliphatic rings. The van der Waals surface area contributed by atoms with Crippen LogP contribution in [0.1, 0.15) is 26.7 Å². The van der Waals surface area contributed by atoms with E-state index in [1.54, 1.807) is 0 Å². The molecule has 0 bridgehead atoms. The van der Waals surface area contributed by atoms with E-state index in [1.807, 2.05) is 0 Å². The van der Waals surface area contributed by atoms with Crippen LogP contribution in [0.15, 0.2) is 10.5 Å². The van der Waals surface area contributed by atoms with Crippen molar-refractivity contribution in [2.75, 3.05) is 7.11 Å². The number of furan rings is 1. The zero-order valence-corrected chi connectivity index (χ0v) is 7.79. The fourth-order valence-electron chi connectivity index (χ4n) is 0.969. The highest BCUT2D eigenvalue weighted by molar-refractivity contribution is 5.94. The summed E-state index contributed by atoms with van der Waals surface area (Å²) in [7, 11) is 0.871. The number of methoxy groups -OCH3 is 1. The predicted octanol–water partition coefficient (Wildman–Crippen LogP) is 1.78. The molecule has 88 valence electrons. The average molecular weight is 238 g/mol. The Morgan fingerprint density at radius 2 is 2.00 bits per heavy atom. The molecule has 1 N–H and O–H groups in total. The smallest absolute Gasteiger partial charge is 0.450 e. The number of hydrogen-bond donors (Lipinski definition) is 1. The lowest BCUT2D eigenvalue weighted by Crippen LogP contribution is -2.11. The molecule has 0 amide bonds. The molecular weight excluding hydrogens is 233 g/mol. The Bertz CT molecular complexity index is 431. The van der Waals surface area contributed by atoms with Gasteiger partial charge in [-0.1, -0.05) is 0 Å². The normalized spacial score (nSPS) is 11.2. The standard InChI is InChI=1S/C8H5F3O5/c1-15-7(14)3-2-4(6(12)13)16-5(3)8(9,10)11/h2H,1H3,(H,12,13). The van der Waals surface area contributed by atoms with Gasteiger partial charge in [-0.15, -0.1) is 0 Å². The lowest BCUT2D eigenvalue weighted by molar-refractivity contribution is -0.153. The molecule has 0 aliphatic carbocycles. The summed E-state index contributed by atoms with van der Waals surface area (Å²) < 4.78 is 45.1. The lowest BCUT2D eigenvalue weighted by Gasteiger charge is -2.03. The lowest BCUT2D eigenvalue weighted by atomic mass is 10.2. The topological polar surface area (TPSA) is 76.7 Å². The molecular formula is C8H5F3O5. The SMILES string of the molecule is COC(=O)c1cc(C(=O)O)oc1C(F)(F)F. The fourth-order valence-corrected chi connectivity index (χ4v) is 0.969. The van der Waals surface area contributed by atoms with Crippen molar-refractivity contribution >= 4 is 11.9 Å². The summed E-state index contributed by atoms with van der Waals surface area (Å²) in [5, 5.41) is 8.43. The van der Waals surface area contributed by atoms with Gasteiger partial charge in [-0.3, -0.25) is 0 Å². The molecule has 5 nitrogen and oxygen atoms in total. The molecule has 0 atom stereocenters. The summed E-state index contributed by atoms with van der Waals surface area (Å²) >= 11 is 0. The summed E-state index contributed by atoms with van der Waals surface area (Å²) in [6, 6.07) is 0.469. The van der Waals surface area contributed by atoms with Gasteiger partial charge in [0, 0.05) is 6.07 Å². The minimum Gasteiger partial charge on any atom is -0.475 e. The second kappa shape index (κ2) is 3.87. The number of carbonyl (C=O) groups is 2. The Labute approximate surface area is 86.4 Å². The number of esters is 1. The average Bonchev–Trinajstić information content (AvgIpc) is 2.60. The Hall–Kier alpha value is -1.99. The summed E-state index contributed by atoms with van der Waals surface area (Å²) in [4.78, 5) is 21.3. The number of aromatic carboxylic acids is 1. The van der Waals surface area contributed by atoms with Crippen LogP contribution in [0.4, 0.5) is 13.2 Å². The summed E-state index contributed by atoms with van der Waals surface area (Å²) in [6.07, 6.45) is -4.96. The van der Waals surface area contributed by atoms with Crippen molar-refractivity contribution < 1.29 is 37.0 Å². The number of carboxylic acids is 1. The highest BCUT2D eigenvalue weighted by Crippen LogP contribution is 2.34. The monoisotopic (exact) mass is 238 g/mol. The molecule has 0 saturated heterocycles. The molecule has 16 heavy (non-hydrogen) atoms. The van der Waals surface area contributed by atoms with E-state index in [0.29, 0.717) is 6.07 Å². The Morgan fingerprint density at radius 3 is 2.38 bits per heavy atom. The van der Waals surface area contributed by atoms with Gasteiger partial charge in [0.05, 0.1) is 7.11 Å². The van der Waals surface area contributed by atoms with Crippen molar-refractivity contribution in [1.29, 1.82) is 0 Å². The molecule has 1 aromatic heterocycles. The summed E-state index contributed by atoms with van der Waals surface area (Å²) in [6.45, 7) is 0. The zero-order chi connectivity index (χ0) is 12.5. The highest BCUT2D eigenvalue weighted by Gasteiger charge is 2.41. The van der Waals surface area contributed by atoms with Crippen LogP contribution >= 0.6 is 0 Å². The summed E-state index contributed by atoms with van der Waals surface area (Å²) in [5.74, 6) is -5.69. The number of rotatable bonds is 2. The molecule has 0 aromatic carbocycles. The first-order valence-electron chi connectivity index (χ1n) is 3.80. The highest BCUT2D eigenvalue weighted by atomic mass is 19.4. The first-order chi connectivity index (χ1) is 7.27. The van der Waals surface area contributed by atoms with E-state index >= 15 is 0 Å². The number of alkyl halides is 3. The molecule has 1 heterocycles. The zero-order valence-electron chi connectivity index (χ0n) is 7.79. The van der Waals surface area contributed by atoms with E-state index < -0.39 is 35.2 Å². The van der Waals surface area contributed by atoms with Gasteiger partial charge in [-0.05, 0) is 0 Å². The number of ether oxygens (including phenoxy) is 1. The van der Waals surface area contributed by atoms with Crippen LogP contribution in [0.25, 0.3) is 0 Å². The van der Waals surface area contributed by atoms with Crippen molar-refractivity contribution in [1.82, 2.24) is 0 Å². The molecule has 8 heteroatoms. The van der Waals surface area contributed by atoms with Crippen molar-refractivity contribution in [3.8, 4) is 0 Å². The third kappa shape index (κ3) is 2.15. The van der Waals surface area contributed by atoms with Crippen molar-refractivity contribution in [3.05, 3.63) is 23.2 Å². The Balaban J connectivity index is 3.34. The van der Waals surface area contributed by atoms with Crippen LogP contribution in [0.3, 0.4) is 0 Å². The first kappa shape index (κ1) is 12.1. The molecule has 1 rings (SSSR count). The van der Waals surface area contributed by atoms with Crippen LogP contribution in [0, 0.1) is 0 Å². The van der Waals surface area contributed by atoms with E-state index in [0.717, 1.165) is 7.11 Å². The van der Waals surface area contributed by atoms with Gasteiger partial charge in [0.25, 0.3) is 0 Å². The maximum absolute atomic E-state index is 12.3. The third-order valence-corrected chi connectivity index (χ3v) is 1.61. The number of halogens is 3. The van der Waals surface area contributed by atoms with E-state index in [4.69, 9.17) is 5.11 Å². The minimum absolute atomic E-state index is 0.469. The van der Waals surface area contributed by atoms with Crippen LogP contribution in [-0.4, -0.2) is 24.2 Å². The van der Waals surface area contributed by atoms with E-state index in [9.17, 15) is 22.8 Å². The van der Waals surface area contributed by atoms with Gasteiger partial charge >= 0.3 is 18.1 Å². The molecule has 0 saturated carbocycles. The maximum atomic E-state index is 12.3. The van der Waals surface area contributed by atoms with E-state index in [2.05, 4.69) is 9.15 Å². The van der Waals surface area contributed by atoms with Crippen molar-refractivity contribution in [2.45, 2.75) is 6.18 Å². The van der Waals surface area contributed by atoms with Crippen LogP contribution < -0.4 is 0 Å². The van der Waals surface area contributed by atoms with Gasteiger partial charge in [0.15, 0.2) is 0 Å². The third-order valence-electron chi connectivity index (χ3n) is 1.61. The molecule has 0 spiro atoms. The maximum Gasteiger partial charge on any atom is 0.450 e.